The lowest BCUT2D eigenvalue weighted by molar-refractivity contribution is -0.120. The van der Waals surface area contributed by atoms with Gasteiger partial charge < -0.3 is 5.32 Å². The molecular formula is C15H22BrNO. The highest BCUT2D eigenvalue weighted by Crippen LogP contribution is 2.18. The van der Waals surface area contributed by atoms with Crippen LogP contribution < -0.4 is 5.32 Å². The summed E-state index contributed by atoms with van der Waals surface area (Å²) in [6.45, 7) is 4.24. The quantitative estimate of drug-likeness (QED) is 0.724. The molecule has 0 aliphatic heterocycles. The van der Waals surface area contributed by atoms with E-state index in [1.54, 1.807) is 0 Å². The van der Waals surface area contributed by atoms with E-state index in [0.29, 0.717) is 0 Å². The standard InChI is InChI=1S/C15H22BrNO/c1-3-5-8-13(4-2)15(18)17-14-9-6-7-12(10-14)11-16/h6-7,9-10,13H,3-5,8,11H2,1-2H3,(H,17,18). The van der Waals surface area contributed by atoms with E-state index in [-0.39, 0.29) is 11.8 Å². The second kappa shape index (κ2) is 8.30. The molecule has 1 rings (SSSR count). The van der Waals surface area contributed by atoms with Gasteiger partial charge in [-0.1, -0.05) is 54.8 Å². The molecule has 0 saturated heterocycles. The maximum atomic E-state index is 12.1. The molecule has 3 heteroatoms. The van der Waals surface area contributed by atoms with Gasteiger partial charge in [-0.2, -0.15) is 0 Å². The molecule has 1 aromatic carbocycles. The van der Waals surface area contributed by atoms with Gasteiger partial charge in [-0.3, -0.25) is 4.79 Å². The van der Waals surface area contributed by atoms with Crippen molar-refractivity contribution >= 4 is 27.5 Å². The second-order valence-electron chi connectivity index (χ2n) is 4.57. The Bertz CT molecular complexity index is 379. The van der Waals surface area contributed by atoms with Crippen LogP contribution in [-0.2, 0) is 10.1 Å². The zero-order chi connectivity index (χ0) is 13.4. The molecule has 0 fully saturated rings. The number of hydrogen-bond donors (Lipinski definition) is 1. The summed E-state index contributed by atoms with van der Waals surface area (Å²) in [6, 6.07) is 7.97. The minimum absolute atomic E-state index is 0.137. The fraction of sp³-hybridized carbons (Fsp3) is 0.533. The first-order valence-electron chi connectivity index (χ1n) is 6.67. The van der Waals surface area contributed by atoms with Crippen molar-refractivity contribution in [3.05, 3.63) is 29.8 Å². The monoisotopic (exact) mass is 311 g/mol. The Labute approximate surface area is 118 Å². The van der Waals surface area contributed by atoms with E-state index in [1.807, 2.05) is 24.3 Å². The predicted molar refractivity (Wildman–Crippen MR) is 81.0 cm³/mol. The minimum Gasteiger partial charge on any atom is -0.326 e. The van der Waals surface area contributed by atoms with Crippen molar-refractivity contribution in [2.24, 2.45) is 5.92 Å². The van der Waals surface area contributed by atoms with Crippen molar-refractivity contribution in [3.8, 4) is 0 Å². The van der Waals surface area contributed by atoms with Gasteiger partial charge in [-0.05, 0) is 30.5 Å². The molecule has 0 spiro atoms. The lowest BCUT2D eigenvalue weighted by Crippen LogP contribution is -2.22. The summed E-state index contributed by atoms with van der Waals surface area (Å²) < 4.78 is 0. The van der Waals surface area contributed by atoms with Crippen LogP contribution in [0.25, 0.3) is 0 Å². The van der Waals surface area contributed by atoms with Crippen LogP contribution in [0.15, 0.2) is 24.3 Å². The van der Waals surface area contributed by atoms with Crippen molar-refractivity contribution in [1.29, 1.82) is 0 Å². The van der Waals surface area contributed by atoms with Gasteiger partial charge in [0.1, 0.15) is 0 Å². The zero-order valence-corrected chi connectivity index (χ0v) is 12.8. The fourth-order valence-corrected chi connectivity index (χ4v) is 2.30. The topological polar surface area (TPSA) is 29.1 Å². The number of halogens is 1. The van der Waals surface area contributed by atoms with Gasteiger partial charge >= 0.3 is 0 Å². The molecule has 0 heterocycles. The van der Waals surface area contributed by atoms with Crippen LogP contribution in [0.3, 0.4) is 0 Å². The Hall–Kier alpha value is -0.830. The molecule has 1 amide bonds. The third kappa shape index (κ3) is 4.81. The first-order chi connectivity index (χ1) is 8.71. The Balaban J connectivity index is 2.61. The van der Waals surface area contributed by atoms with Crippen LogP contribution in [-0.4, -0.2) is 5.91 Å². The smallest absolute Gasteiger partial charge is 0.227 e. The summed E-state index contributed by atoms with van der Waals surface area (Å²) in [5.41, 5.74) is 2.07. The molecule has 0 bridgehead atoms. The van der Waals surface area contributed by atoms with Crippen LogP contribution >= 0.6 is 15.9 Å². The Morgan fingerprint density at radius 3 is 2.78 bits per heavy atom. The Kier molecular flexibility index (Phi) is 7.02. The van der Waals surface area contributed by atoms with Gasteiger partial charge in [0.25, 0.3) is 0 Å². The molecule has 100 valence electrons. The lowest BCUT2D eigenvalue weighted by Gasteiger charge is -2.14. The SMILES string of the molecule is CCCCC(CC)C(=O)Nc1cccc(CBr)c1. The number of nitrogens with one attached hydrogen (secondary N) is 1. The minimum atomic E-state index is 0.137. The van der Waals surface area contributed by atoms with Gasteiger partial charge in [0, 0.05) is 16.9 Å². The molecule has 0 saturated carbocycles. The number of anilines is 1. The molecule has 18 heavy (non-hydrogen) atoms. The summed E-state index contributed by atoms with van der Waals surface area (Å²) in [7, 11) is 0. The average molecular weight is 312 g/mol. The maximum Gasteiger partial charge on any atom is 0.227 e. The van der Waals surface area contributed by atoms with E-state index in [1.165, 1.54) is 5.56 Å². The number of alkyl halides is 1. The van der Waals surface area contributed by atoms with Crippen LogP contribution in [0.4, 0.5) is 5.69 Å². The molecule has 0 aliphatic rings. The number of amides is 1. The summed E-state index contributed by atoms with van der Waals surface area (Å²) in [5.74, 6) is 0.287. The molecule has 1 N–H and O–H groups in total. The first kappa shape index (κ1) is 15.2. The third-order valence-electron chi connectivity index (χ3n) is 3.12. The maximum absolute atomic E-state index is 12.1. The van der Waals surface area contributed by atoms with Crippen molar-refractivity contribution in [2.75, 3.05) is 5.32 Å². The van der Waals surface area contributed by atoms with Gasteiger partial charge in [-0.25, -0.2) is 0 Å². The van der Waals surface area contributed by atoms with Gasteiger partial charge in [0.2, 0.25) is 5.91 Å². The average Bonchev–Trinajstić information content (AvgIpc) is 2.40. The van der Waals surface area contributed by atoms with Crippen molar-refractivity contribution < 1.29 is 4.79 Å². The number of rotatable bonds is 7. The van der Waals surface area contributed by atoms with Crippen LogP contribution in [0.1, 0.15) is 45.1 Å². The Morgan fingerprint density at radius 1 is 1.39 bits per heavy atom. The molecular weight excluding hydrogens is 290 g/mol. The van der Waals surface area contributed by atoms with E-state index in [4.69, 9.17) is 0 Å². The second-order valence-corrected chi connectivity index (χ2v) is 5.13. The number of carbonyl (C=O) groups is 1. The van der Waals surface area contributed by atoms with Gasteiger partial charge in [0.05, 0.1) is 0 Å². The highest BCUT2D eigenvalue weighted by molar-refractivity contribution is 9.08. The van der Waals surface area contributed by atoms with Crippen molar-refractivity contribution in [1.82, 2.24) is 0 Å². The van der Waals surface area contributed by atoms with Crippen LogP contribution in [0, 0.1) is 5.92 Å². The van der Waals surface area contributed by atoms with Crippen LogP contribution in [0.5, 0.6) is 0 Å². The molecule has 1 atom stereocenters. The number of benzene rings is 1. The number of carbonyl (C=O) groups excluding carboxylic acids is 1. The van der Waals surface area contributed by atoms with E-state index >= 15 is 0 Å². The molecule has 1 unspecified atom stereocenters. The molecule has 1 aromatic rings. The summed E-state index contributed by atoms with van der Waals surface area (Å²) in [5, 5.41) is 3.83. The van der Waals surface area contributed by atoms with E-state index in [2.05, 4.69) is 35.1 Å². The summed E-state index contributed by atoms with van der Waals surface area (Å²) in [4.78, 5) is 12.1. The van der Waals surface area contributed by atoms with Gasteiger partial charge in [0.15, 0.2) is 0 Å². The van der Waals surface area contributed by atoms with Crippen molar-refractivity contribution in [2.45, 2.75) is 44.9 Å². The molecule has 2 nitrogen and oxygen atoms in total. The highest BCUT2D eigenvalue weighted by atomic mass is 79.9. The third-order valence-corrected chi connectivity index (χ3v) is 3.77. The number of unbranched alkanes of at least 4 members (excludes halogenated alkanes) is 1. The zero-order valence-electron chi connectivity index (χ0n) is 11.2. The Morgan fingerprint density at radius 2 is 2.17 bits per heavy atom. The summed E-state index contributed by atoms with van der Waals surface area (Å²) in [6.07, 6.45) is 4.15. The van der Waals surface area contributed by atoms with Crippen LogP contribution in [0.2, 0.25) is 0 Å². The molecule has 0 radical (unpaired) electrons. The highest BCUT2D eigenvalue weighted by Gasteiger charge is 2.15. The first-order valence-corrected chi connectivity index (χ1v) is 7.79. The predicted octanol–water partition coefficient (Wildman–Crippen LogP) is 4.74. The number of hydrogen-bond acceptors (Lipinski definition) is 1. The normalized spacial score (nSPS) is 12.2. The van der Waals surface area contributed by atoms with E-state index in [0.717, 1.165) is 36.7 Å². The van der Waals surface area contributed by atoms with E-state index < -0.39 is 0 Å². The summed E-state index contributed by atoms with van der Waals surface area (Å²) >= 11 is 3.42. The van der Waals surface area contributed by atoms with Gasteiger partial charge in [-0.15, -0.1) is 0 Å². The molecule has 0 aromatic heterocycles. The molecule has 0 aliphatic carbocycles. The van der Waals surface area contributed by atoms with E-state index in [9.17, 15) is 4.79 Å². The van der Waals surface area contributed by atoms with Crippen molar-refractivity contribution in [3.63, 3.8) is 0 Å². The largest absolute Gasteiger partial charge is 0.326 e. The fourth-order valence-electron chi connectivity index (χ4n) is 1.95. The lowest BCUT2D eigenvalue weighted by atomic mass is 9.98.